The maximum absolute atomic E-state index is 12.9. The number of benzene rings is 2. The van der Waals surface area contributed by atoms with Gasteiger partial charge in [0.2, 0.25) is 5.95 Å². The van der Waals surface area contributed by atoms with Crippen LogP contribution in [0.15, 0.2) is 65.6 Å². The molecule has 2 aromatic heterocycles. The van der Waals surface area contributed by atoms with E-state index >= 15 is 0 Å². The molecule has 1 atom stereocenters. The number of H-pyrrole nitrogens is 1. The first kappa shape index (κ1) is 21.1. The summed E-state index contributed by atoms with van der Waals surface area (Å²) in [5.41, 5.74) is 2.87. The van der Waals surface area contributed by atoms with Crippen LogP contribution < -0.4 is 10.9 Å². The molecule has 0 bridgehead atoms. The number of rotatable bonds is 8. The number of nitrogens with one attached hydrogen (secondary N) is 2. The van der Waals surface area contributed by atoms with E-state index in [0.717, 1.165) is 24.1 Å². The fourth-order valence-electron chi connectivity index (χ4n) is 3.75. The van der Waals surface area contributed by atoms with Gasteiger partial charge in [0.1, 0.15) is 5.02 Å². The van der Waals surface area contributed by atoms with Crippen LogP contribution in [-0.2, 0) is 0 Å². The molecule has 4 rings (SSSR count). The maximum Gasteiger partial charge on any atom is 0.295 e. The normalized spacial score (nSPS) is 12.4. The Kier molecular flexibility index (Phi) is 6.34. The molecule has 0 aliphatic rings. The van der Waals surface area contributed by atoms with E-state index in [-0.39, 0.29) is 11.1 Å². The third kappa shape index (κ3) is 4.33. The summed E-state index contributed by atoms with van der Waals surface area (Å²) in [7, 11) is 0. The molecule has 0 spiro atoms. The molecular weight excluding hydrogens is 412 g/mol. The second kappa shape index (κ2) is 9.32. The topological polar surface area (TPSA) is 78.8 Å². The lowest BCUT2D eigenvalue weighted by molar-refractivity contribution is 0.228. The fourth-order valence-corrected chi connectivity index (χ4v) is 3.95. The van der Waals surface area contributed by atoms with Gasteiger partial charge in [0.25, 0.3) is 5.56 Å². The number of hydrogen-bond donors (Lipinski definition) is 2. The van der Waals surface area contributed by atoms with E-state index in [9.17, 15) is 4.79 Å². The van der Waals surface area contributed by atoms with Gasteiger partial charge in [-0.15, -0.1) is 0 Å². The lowest BCUT2D eigenvalue weighted by Crippen LogP contribution is -2.33. The Morgan fingerprint density at radius 2 is 1.81 bits per heavy atom. The zero-order valence-corrected chi connectivity index (χ0v) is 18.3. The number of aromatic amines is 1. The molecule has 160 valence electrons. The maximum atomic E-state index is 12.9. The molecular formula is C23H25ClN6O. The first-order valence-corrected chi connectivity index (χ1v) is 10.8. The molecule has 0 fully saturated rings. The molecule has 8 heteroatoms. The number of imidazole rings is 1. The lowest BCUT2D eigenvalue weighted by atomic mass is 10.1. The molecule has 2 N–H and O–H groups in total. The van der Waals surface area contributed by atoms with Crippen molar-refractivity contribution in [3.8, 4) is 5.95 Å². The van der Waals surface area contributed by atoms with E-state index in [1.807, 2.05) is 42.5 Å². The molecule has 0 aliphatic heterocycles. The Morgan fingerprint density at radius 3 is 2.52 bits per heavy atom. The Hall–Kier alpha value is -3.16. The quantitative estimate of drug-likeness (QED) is 0.431. The predicted octanol–water partition coefficient (Wildman–Crippen LogP) is 4.26. The highest BCUT2D eigenvalue weighted by Crippen LogP contribution is 2.23. The van der Waals surface area contributed by atoms with Crippen LogP contribution in [0.25, 0.3) is 17.0 Å². The van der Waals surface area contributed by atoms with Crippen molar-refractivity contribution in [3.05, 3.63) is 81.7 Å². The highest BCUT2D eigenvalue weighted by molar-refractivity contribution is 6.32. The standard InChI is InChI=1S/C23H25ClN6O/c1-3-29(4-2)20(16-10-6-5-7-11-16)15-25-19-14-26-30(22(31)21(19)24)23-27-17-12-8-9-13-18(17)28-23/h5-14,20,25H,3-4,15H2,1-2H3,(H,27,28). The molecule has 0 saturated heterocycles. The number of halogens is 1. The van der Waals surface area contributed by atoms with Gasteiger partial charge in [-0.1, -0.05) is 67.9 Å². The second-order valence-electron chi connectivity index (χ2n) is 7.20. The van der Waals surface area contributed by atoms with Crippen molar-refractivity contribution in [2.45, 2.75) is 19.9 Å². The van der Waals surface area contributed by atoms with Gasteiger partial charge in [-0.05, 0) is 30.8 Å². The average Bonchev–Trinajstić information content (AvgIpc) is 3.23. The van der Waals surface area contributed by atoms with E-state index in [2.05, 4.69) is 51.3 Å². The molecule has 2 aromatic carbocycles. The molecule has 31 heavy (non-hydrogen) atoms. The van der Waals surface area contributed by atoms with Crippen LogP contribution in [-0.4, -0.2) is 44.3 Å². The SMILES string of the molecule is CCN(CC)C(CNc1cnn(-c2nc3ccccc3[nH]2)c(=O)c1Cl)c1ccccc1. The lowest BCUT2D eigenvalue weighted by Gasteiger charge is -2.30. The molecule has 0 amide bonds. The summed E-state index contributed by atoms with van der Waals surface area (Å²) >= 11 is 6.43. The second-order valence-corrected chi connectivity index (χ2v) is 7.57. The zero-order valence-electron chi connectivity index (χ0n) is 17.5. The van der Waals surface area contributed by atoms with Crippen LogP contribution in [0.2, 0.25) is 5.02 Å². The van der Waals surface area contributed by atoms with Crippen LogP contribution >= 0.6 is 11.6 Å². The van der Waals surface area contributed by atoms with E-state index in [4.69, 9.17) is 11.6 Å². The minimum atomic E-state index is -0.426. The van der Waals surface area contributed by atoms with Crippen molar-refractivity contribution in [1.29, 1.82) is 0 Å². The molecule has 7 nitrogen and oxygen atoms in total. The van der Waals surface area contributed by atoms with Gasteiger partial charge >= 0.3 is 0 Å². The van der Waals surface area contributed by atoms with Crippen LogP contribution in [0.1, 0.15) is 25.5 Å². The predicted molar refractivity (Wildman–Crippen MR) is 125 cm³/mol. The van der Waals surface area contributed by atoms with E-state index in [1.54, 1.807) is 6.20 Å². The summed E-state index contributed by atoms with van der Waals surface area (Å²) < 4.78 is 1.19. The summed E-state index contributed by atoms with van der Waals surface area (Å²) in [6, 6.07) is 18.0. The number of para-hydroxylation sites is 2. The van der Waals surface area contributed by atoms with Crippen LogP contribution in [0.5, 0.6) is 0 Å². The van der Waals surface area contributed by atoms with Crippen molar-refractivity contribution in [1.82, 2.24) is 24.6 Å². The summed E-state index contributed by atoms with van der Waals surface area (Å²) in [6.07, 6.45) is 1.57. The van der Waals surface area contributed by atoms with Crippen LogP contribution in [0, 0.1) is 0 Å². The van der Waals surface area contributed by atoms with Gasteiger partial charge < -0.3 is 10.3 Å². The third-order valence-corrected chi connectivity index (χ3v) is 5.79. The van der Waals surface area contributed by atoms with Gasteiger partial charge in [0.15, 0.2) is 0 Å². The largest absolute Gasteiger partial charge is 0.380 e. The summed E-state index contributed by atoms with van der Waals surface area (Å²) in [5, 5.41) is 7.70. The van der Waals surface area contributed by atoms with Gasteiger partial charge in [-0.25, -0.2) is 4.98 Å². The first-order chi connectivity index (χ1) is 15.1. The fraction of sp³-hybridized carbons (Fsp3) is 0.261. The average molecular weight is 437 g/mol. The smallest absolute Gasteiger partial charge is 0.295 e. The van der Waals surface area contributed by atoms with Crippen molar-refractivity contribution in [2.75, 3.05) is 25.0 Å². The number of fused-ring (bicyclic) bond motifs is 1. The Morgan fingerprint density at radius 1 is 1.10 bits per heavy atom. The van der Waals surface area contributed by atoms with Crippen LogP contribution in [0.3, 0.4) is 0 Å². The molecule has 1 unspecified atom stereocenters. The first-order valence-electron chi connectivity index (χ1n) is 10.4. The number of aromatic nitrogens is 4. The molecule has 0 aliphatic carbocycles. The van der Waals surface area contributed by atoms with Crippen LogP contribution in [0.4, 0.5) is 5.69 Å². The third-order valence-electron chi connectivity index (χ3n) is 5.42. The Bertz CT molecular complexity index is 1180. The highest BCUT2D eigenvalue weighted by Gasteiger charge is 2.19. The molecule has 0 saturated carbocycles. The Labute approximate surface area is 185 Å². The number of nitrogens with zero attached hydrogens (tertiary/aromatic N) is 4. The van der Waals surface area contributed by atoms with Gasteiger partial charge in [-0.2, -0.15) is 9.78 Å². The van der Waals surface area contributed by atoms with Crippen molar-refractivity contribution in [3.63, 3.8) is 0 Å². The van der Waals surface area contributed by atoms with E-state index in [1.165, 1.54) is 10.2 Å². The zero-order chi connectivity index (χ0) is 21.8. The summed E-state index contributed by atoms with van der Waals surface area (Å²) in [4.78, 5) is 22.8. The minimum absolute atomic E-state index is 0.0850. The van der Waals surface area contributed by atoms with E-state index in [0.29, 0.717) is 18.2 Å². The summed E-state index contributed by atoms with van der Waals surface area (Å²) in [6.45, 7) is 6.71. The van der Waals surface area contributed by atoms with Gasteiger partial charge in [0.05, 0.1) is 29.0 Å². The van der Waals surface area contributed by atoms with Crippen molar-refractivity contribution >= 4 is 28.3 Å². The molecule has 0 radical (unpaired) electrons. The Balaban J connectivity index is 1.60. The molecule has 2 heterocycles. The van der Waals surface area contributed by atoms with Crippen molar-refractivity contribution in [2.24, 2.45) is 0 Å². The van der Waals surface area contributed by atoms with E-state index < -0.39 is 5.56 Å². The minimum Gasteiger partial charge on any atom is -0.380 e. The number of anilines is 1. The monoisotopic (exact) mass is 436 g/mol. The number of hydrogen-bond acceptors (Lipinski definition) is 5. The van der Waals surface area contributed by atoms with Crippen molar-refractivity contribution < 1.29 is 0 Å². The highest BCUT2D eigenvalue weighted by atomic mass is 35.5. The molecule has 4 aromatic rings. The number of likely N-dealkylation sites (N-methyl/N-ethyl adjacent to an activating group) is 1. The summed E-state index contributed by atoms with van der Waals surface area (Å²) in [5.74, 6) is 0.338. The van der Waals surface area contributed by atoms with Gasteiger partial charge in [-0.3, -0.25) is 9.69 Å². The van der Waals surface area contributed by atoms with Gasteiger partial charge in [0, 0.05) is 6.54 Å².